The molecule has 0 aliphatic carbocycles. The Morgan fingerprint density at radius 1 is 1.29 bits per heavy atom. The topological polar surface area (TPSA) is 42.3 Å². The molecule has 112 valence electrons. The highest BCUT2D eigenvalue weighted by Gasteiger charge is 2.12. The Balaban J connectivity index is 1.68. The van der Waals surface area contributed by atoms with Gasteiger partial charge >= 0.3 is 0 Å². The van der Waals surface area contributed by atoms with E-state index in [1.54, 1.807) is 0 Å². The molecule has 1 N–H and O–H groups in total. The van der Waals surface area contributed by atoms with Crippen LogP contribution in [0.1, 0.15) is 5.56 Å². The third kappa shape index (κ3) is 3.88. The van der Waals surface area contributed by atoms with Crippen molar-refractivity contribution in [1.29, 1.82) is 0 Å². The maximum atomic E-state index is 5.40. The first-order valence-corrected chi connectivity index (χ1v) is 8.15. The fourth-order valence-corrected chi connectivity index (χ4v) is 3.15. The Bertz CT molecular complexity index is 644. The molecular formula is C14H18N4OS2. The molecule has 1 aliphatic rings. The van der Waals surface area contributed by atoms with Crippen LogP contribution in [-0.2, 0) is 11.4 Å². The number of aryl methyl sites for hydroxylation is 1. The molecular weight excluding hydrogens is 304 g/mol. The van der Waals surface area contributed by atoms with Crippen molar-refractivity contribution in [3.8, 4) is 0 Å². The Kier molecular flexibility index (Phi) is 4.64. The number of aromatic nitrogens is 2. The van der Waals surface area contributed by atoms with Crippen molar-refractivity contribution in [1.82, 2.24) is 14.7 Å². The second-order valence-corrected chi connectivity index (χ2v) is 6.66. The summed E-state index contributed by atoms with van der Waals surface area (Å²) in [6.07, 6.45) is 0. The summed E-state index contributed by atoms with van der Waals surface area (Å²) in [5.74, 6) is 0. The first-order valence-electron chi connectivity index (χ1n) is 6.92. The van der Waals surface area contributed by atoms with Crippen molar-refractivity contribution >= 4 is 34.4 Å². The molecule has 5 nitrogen and oxygen atoms in total. The minimum Gasteiger partial charge on any atom is -0.379 e. The summed E-state index contributed by atoms with van der Waals surface area (Å²) in [5, 5.41) is 8.70. The van der Waals surface area contributed by atoms with Crippen LogP contribution < -0.4 is 5.32 Å². The van der Waals surface area contributed by atoms with E-state index in [0.29, 0.717) is 0 Å². The van der Waals surface area contributed by atoms with Gasteiger partial charge in [-0.3, -0.25) is 4.90 Å². The van der Waals surface area contributed by atoms with Gasteiger partial charge in [0, 0.05) is 18.8 Å². The molecule has 7 heteroatoms. The Labute approximate surface area is 133 Å². The van der Waals surface area contributed by atoms with Crippen LogP contribution in [0, 0.1) is 10.9 Å². The second-order valence-electron chi connectivity index (χ2n) is 5.04. The monoisotopic (exact) mass is 322 g/mol. The summed E-state index contributed by atoms with van der Waals surface area (Å²) < 4.78 is 8.02. The van der Waals surface area contributed by atoms with Crippen LogP contribution in [0.25, 0.3) is 0 Å². The van der Waals surface area contributed by atoms with Crippen LogP contribution in [0.4, 0.5) is 10.8 Å². The lowest BCUT2D eigenvalue weighted by atomic mass is 10.2. The average Bonchev–Trinajstić information content (AvgIpc) is 2.82. The van der Waals surface area contributed by atoms with Crippen LogP contribution in [0.5, 0.6) is 0 Å². The van der Waals surface area contributed by atoms with Gasteiger partial charge in [0.1, 0.15) is 0 Å². The predicted molar refractivity (Wildman–Crippen MR) is 87.8 cm³/mol. The molecule has 0 amide bonds. The summed E-state index contributed by atoms with van der Waals surface area (Å²) in [6, 6.07) is 8.25. The van der Waals surface area contributed by atoms with Gasteiger partial charge in [-0.25, -0.2) is 4.68 Å². The maximum absolute atomic E-state index is 5.40. The highest BCUT2D eigenvalue weighted by molar-refractivity contribution is 7.73. The number of nitrogens with zero attached hydrogens (tertiary/aromatic N) is 3. The second kappa shape index (κ2) is 6.65. The predicted octanol–water partition coefficient (Wildman–Crippen LogP) is 3.02. The lowest BCUT2D eigenvalue weighted by Gasteiger charge is -2.25. The number of ether oxygens (including phenoxy) is 1. The van der Waals surface area contributed by atoms with Gasteiger partial charge in [-0.2, -0.15) is 0 Å². The SMILES string of the molecule is Cc1ccc(Nc2nn(CN3CCOCC3)c(=S)s2)cc1. The Morgan fingerprint density at radius 2 is 2.00 bits per heavy atom. The normalized spacial score (nSPS) is 16.0. The van der Waals surface area contributed by atoms with Crippen molar-refractivity contribution in [2.45, 2.75) is 13.6 Å². The van der Waals surface area contributed by atoms with Gasteiger partial charge in [0.15, 0.2) is 3.95 Å². The van der Waals surface area contributed by atoms with E-state index in [1.807, 2.05) is 16.8 Å². The highest BCUT2D eigenvalue weighted by atomic mass is 32.1. The molecule has 1 aromatic heterocycles. The number of anilines is 2. The summed E-state index contributed by atoms with van der Waals surface area (Å²) >= 11 is 6.90. The van der Waals surface area contributed by atoms with Crippen molar-refractivity contribution in [3.63, 3.8) is 0 Å². The molecule has 21 heavy (non-hydrogen) atoms. The zero-order valence-electron chi connectivity index (χ0n) is 11.9. The Morgan fingerprint density at radius 3 is 2.71 bits per heavy atom. The smallest absolute Gasteiger partial charge is 0.209 e. The summed E-state index contributed by atoms with van der Waals surface area (Å²) in [7, 11) is 0. The van der Waals surface area contributed by atoms with Crippen LogP contribution in [0.15, 0.2) is 24.3 Å². The average molecular weight is 322 g/mol. The highest BCUT2D eigenvalue weighted by Crippen LogP contribution is 2.20. The van der Waals surface area contributed by atoms with Crippen LogP contribution in [0.2, 0.25) is 0 Å². The molecule has 0 radical (unpaired) electrons. The van der Waals surface area contributed by atoms with Crippen molar-refractivity contribution in [2.24, 2.45) is 0 Å². The van der Waals surface area contributed by atoms with Crippen LogP contribution >= 0.6 is 23.6 Å². The van der Waals surface area contributed by atoms with Crippen molar-refractivity contribution in [2.75, 3.05) is 31.6 Å². The van der Waals surface area contributed by atoms with Gasteiger partial charge in [-0.1, -0.05) is 29.0 Å². The number of hydrogen-bond donors (Lipinski definition) is 1. The molecule has 0 atom stereocenters. The van der Waals surface area contributed by atoms with E-state index in [9.17, 15) is 0 Å². The zero-order chi connectivity index (χ0) is 14.7. The molecule has 1 aromatic carbocycles. The number of nitrogens with one attached hydrogen (secondary N) is 1. The van der Waals surface area contributed by atoms with E-state index in [-0.39, 0.29) is 0 Å². The van der Waals surface area contributed by atoms with Crippen LogP contribution in [-0.4, -0.2) is 41.0 Å². The van der Waals surface area contributed by atoms with Crippen molar-refractivity contribution < 1.29 is 4.74 Å². The number of rotatable bonds is 4. The number of hydrogen-bond acceptors (Lipinski definition) is 6. The summed E-state index contributed by atoms with van der Waals surface area (Å²) in [4.78, 5) is 2.30. The van der Waals surface area contributed by atoms with Gasteiger partial charge in [0.05, 0.1) is 19.9 Å². The van der Waals surface area contributed by atoms with Gasteiger partial charge in [-0.05, 0) is 31.3 Å². The molecule has 0 spiro atoms. The van der Waals surface area contributed by atoms with E-state index in [4.69, 9.17) is 17.0 Å². The summed E-state index contributed by atoms with van der Waals surface area (Å²) in [5.41, 5.74) is 2.27. The molecule has 0 bridgehead atoms. The van der Waals surface area contributed by atoms with Gasteiger partial charge in [0.2, 0.25) is 5.13 Å². The minimum atomic E-state index is 0.730. The van der Waals surface area contributed by atoms with Gasteiger partial charge in [0.25, 0.3) is 0 Å². The van der Waals surface area contributed by atoms with E-state index < -0.39 is 0 Å². The minimum absolute atomic E-state index is 0.730. The molecule has 1 saturated heterocycles. The maximum Gasteiger partial charge on any atom is 0.209 e. The van der Waals surface area contributed by atoms with Crippen LogP contribution in [0.3, 0.4) is 0 Å². The van der Waals surface area contributed by atoms with E-state index >= 15 is 0 Å². The molecule has 0 unspecified atom stereocenters. The number of morpholine rings is 1. The van der Waals surface area contributed by atoms with E-state index in [1.165, 1.54) is 16.9 Å². The molecule has 3 rings (SSSR count). The standard InChI is InChI=1S/C14H18N4OS2/c1-11-2-4-12(5-3-11)15-13-16-18(14(20)21-13)10-17-6-8-19-9-7-17/h2-5H,6-10H2,1H3,(H,15,16). The first-order chi connectivity index (χ1) is 10.2. The fourth-order valence-electron chi connectivity index (χ4n) is 2.14. The quantitative estimate of drug-likeness (QED) is 0.877. The molecule has 1 fully saturated rings. The zero-order valence-corrected chi connectivity index (χ0v) is 13.5. The summed E-state index contributed by atoms with van der Waals surface area (Å²) in [6.45, 7) is 6.23. The number of benzene rings is 1. The lowest BCUT2D eigenvalue weighted by molar-refractivity contribution is 0.0212. The van der Waals surface area contributed by atoms with E-state index in [2.05, 4.69) is 34.4 Å². The third-order valence-corrected chi connectivity index (χ3v) is 4.57. The largest absolute Gasteiger partial charge is 0.379 e. The van der Waals surface area contributed by atoms with Gasteiger partial charge < -0.3 is 10.1 Å². The third-order valence-electron chi connectivity index (χ3n) is 3.35. The molecule has 1 aliphatic heterocycles. The molecule has 2 heterocycles. The first kappa shape index (κ1) is 14.6. The van der Waals surface area contributed by atoms with E-state index in [0.717, 1.165) is 47.7 Å². The lowest BCUT2D eigenvalue weighted by Crippen LogP contribution is -2.37. The fraction of sp³-hybridized carbons (Fsp3) is 0.429. The van der Waals surface area contributed by atoms with Crippen molar-refractivity contribution in [3.05, 3.63) is 33.8 Å². The molecule has 0 saturated carbocycles. The Hall–Kier alpha value is -1.28. The van der Waals surface area contributed by atoms with Gasteiger partial charge in [-0.15, -0.1) is 5.10 Å². The molecule has 2 aromatic rings.